The van der Waals surface area contributed by atoms with E-state index in [1.165, 1.54) is 51.4 Å². The van der Waals surface area contributed by atoms with Gasteiger partial charge < -0.3 is 19.7 Å². The van der Waals surface area contributed by atoms with Gasteiger partial charge in [0.1, 0.15) is 0 Å². The second kappa shape index (κ2) is 14.0. The molecule has 1 saturated carbocycles. The molecule has 0 aromatic rings. The first-order valence-electron chi connectivity index (χ1n) is 9.85. The predicted molar refractivity (Wildman–Crippen MR) is 115 cm³/mol. The molecule has 0 radical (unpaired) electrons. The number of hydrogen-bond donors (Lipinski definition) is 1. The summed E-state index contributed by atoms with van der Waals surface area (Å²) in [4.78, 5) is 6.85. The minimum Gasteiger partial charge on any atom is -0.382 e. The van der Waals surface area contributed by atoms with E-state index in [4.69, 9.17) is 9.47 Å². The molecule has 1 N–H and O–H groups in total. The number of rotatable bonds is 9. The van der Waals surface area contributed by atoms with Crippen LogP contribution in [0.2, 0.25) is 0 Å². The maximum absolute atomic E-state index is 5.67. The van der Waals surface area contributed by atoms with Crippen molar-refractivity contribution < 1.29 is 9.47 Å². The first-order chi connectivity index (χ1) is 11.8. The molecule has 1 atom stereocenters. The SMILES string of the molecule is CN=C(NCCCC1CCCCC1)N1CCC(COCCOC)C1.I. The van der Waals surface area contributed by atoms with Gasteiger partial charge in [0.05, 0.1) is 19.8 Å². The molecule has 1 heterocycles. The Kier molecular flexibility index (Phi) is 12.9. The smallest absolute Gasteiger partial charge is 0.193 e. The van der Waals surface area contributed by atoms with Crippen LogP contribution in [0.5, 0.6) is 0 Å². The highest BCUT2D eigenvalue weighted by Crippen LogP contribution is 2.27. The van der Waals surface area contributed by atoms with Crippen molar-refractivity contribution in [3.63, 3.8) is 0 Å². The van der Waals surface area contributed by atoms with Crippen LogP contribution in [0.4, 0.5) is 0 Å². The molecule has 1 saturated heterocycles. The Balaban J connectivity index is 0.00000312. The number of guanidine groups is 1. The minimum atomic E-state index is 0. The summed E-state index contributed by atoms with van der Waals surface area (Å²) >= 11 is 0. The third-order valence-corrected chi connectivity index (χ3v) is 5.38. The van der Waals surface area contributed by atoms with E-state index in [0.29, 0.717) is 19.1 Å². The summed E-state index contributed by atoms with van der Waals surface area (Å²) in [6.07, 6.45) is 11.1. The quantitative estimate of drug-likeness (QED) is 0.244. The molecule has 0 aromatic carbocycles. The molecule has 148 valence electrons. The van der Waals surface area contributed by atoms with Gasteiger partial charge in [-0.3, -0.25) is 4.99 Å². The van der Waals surface area contributed by atoms with Gasteiger partial charge in [0.15, 0.2) is 5.96 Å². The number of aliphatic imine (C=N–C) groups is 1. The molecule has 1 aliphatic heterocycles. The average Bonchev–Trinajstić information content (AvgIpc) is 3.08. The molecule has 0 bridgehead atoms. The van der Waals surface area contributed by atoms with E-state index in [0.717, 1.165) is 38.1 Å². The third-order valence-electron chi connectivity index (χ3n) is 5.38. The molecule has 1 aliphatic carbocycles. The van der Waals surface area contributed by atoms with E-state index in [-0.39, 0.29) is 24.0 Å². The lowest BCUT2D eigenvalue weighted by Gasteiger charge is -2.23. The Labute approximate surface area is 171 Å². The van der Waals surface area contributed by atoms with Crippen molar-refractivity contribution in [1.82, 2.24) is 10.2 Å². The standard InChI is InChI=1S/C19H37N3O2.HI/c1-20-19(21-11-6-9-17-7-4-3-5-8-17)22-12-10-18(15-22)16-24-14-13-23-2;/h17-18H,3-16H2,1-2H3,(H,20,21);1H. The van der Waals surface area contributed by atoms with Gasteiger partial charge in [-0.25, -0.2) is 0 Å². The third kappa shape index (κ3) is 8.91. The van der Waals surface area contributed by atoms with Crippen molar-refractivity contribution in [3.8, 4) is 0 Å². The normalized spacial score (nSPS) is 22.1. The van der Waals surface area contributed by atoms with Gasteiger partial charge >= 0.3 is 0 Å². The summed E-state index contributed by atoms with van der Waals surface area (Å²) < 4.78 is 10.7. The minimum absolute atomic E-state index is 0. The number of nitrogens with one attached hydrogen (secondary N) is 1. The molecule has 0 spiro atoms. The van der Waals surface area contributed by atoms with Crippen molar-refractivity contribution in [1.29, 1.82) is 0 Å². The van der Waals surface area contributed by atoms with E-state index in [1.54, 1.807) is 7.11 Å². The highest BCUT2D eigenvalue weighted by atomic mass is 127. The number of halogens is 1. The van der Waals surface area contributed by atoms with E-state index in [2.05, 4.69) is 15.2 Å². The van der Waals surface area contributed by atoms with Crippen molar-refractivity contribution in [3.05, 3.63) is 0 Å². The van der Waals surface area contributed by atoms with E-state index in [9.17, 15) is 0 Å². The fraction of sp³-hybridized carbons (Fsp3) is 0.947. The Bertz CT molecular complexity index is 363. The first-order valence-corrected chi connectivity index (χ1v) is 9.85. The molecule has 6 heteroatoms. The number of methoxy groups -OCH3 is 1. The van der Waals surface area contributed by atoms with Gasteiger partial charge in [-0.05, 0) is 25.2 Å². The summed E-state index contributed by atoms with van der Waals surface area (Å²) in [5, 5.41) is 3.56. The lowest BCUT2D eigenvalue weighted by atomic mass is 9.86. The van der Waals surface area contributed by atoms with Crippen LogP contribution in [0.1, 0.15) is 51.4 Å². The molecule has 2 rings (SSSR count). The van der Waals surface area contributed by atoms with Gasteiger partial charge in [-0.15, -0.1) is 24.0 Å². The summed E-state index contributed by atoms with van der Waals surface area (Å²) in [7, 11) is 3.61. The number of likely N-dealkylation sites (tertiary alicyclic amines) is 1. The number of hydrogen-bond acceptors (Lipinski definition) is 3. The second-order valence-electron chi connectivity index (χ2n) is 7.29. The van der Waals surface area contributed by atoms with Crippen molar-refractivity contribution >= 4 is 29.9 Å². The average molecular weight is 467 g/mol. The van der Waals surface area contributed by atoms with Crippen LogP contribution in [0, 0.1) is 11.8 Å². The zero-order valence-electron chi connectivity index (χ0n) is 16.2. The van der Waals surface area contributed by atoms with Crippen molar-refractivity contribution in [2.24, 2.45) is 16.8 Å². The van der Waals surface area contributed by atoms with Crippen molar-refractivity contribution in [2.75, 3.05) is 53.6 Å². The Morgan fingerprint density at radius 1 is 1.12 bits per heavy atom. The van der Waals surface area contributed by atoms with Crippen LogP contribution in [0.25, 0.3) is 0 Å². The number of nitrogens with zero attached hydrogens (tertiary/aromatic N) is 2. The molecule has 0 aromatic heterocycles. The Morgan fingerprint density at radius 2 is 1.92 bits per heavy atom. The predicted octanol–water partition coefficient (Wildman–Crippen LogP) is 3.53. The van der Waals surface area contributed by atoms with Gasteiger partial charge in [0.25, 0.3) is 0 Å². The Morgan fingerprint density at radius 3 is 2.64 bits per heavy atom. The van der Waals surface area contributed by atoms with Gasteiger partial charge in [-0.1, -0.05) is 32.1 Å². The maximum atomic E-state index is 5.67. The molecule has 5 nitrogen and oxygen atoms in total. The molecular formula is C19H38IN3O2. The van der Waals surface area contributed by atoms with E-state index in [1.807, 2.05) is 7.05 Å². The van der Waals surface area contributed by atoms with Gasteiger partial charge in [0, 0.05) is 39.7 Å². The summed E-state index contributed by atoms with van der Waals surface area (Å²) in [6, 6.07) is 0. The van der Waals surface area contributed by atoms with Crippen molar-refractivity contribution in [2.45, 2.75) is 51.4 Å². The monoisotopic (exact) mass is 467 g/mol. The molecule has 2 aliphatic rings. The van der Waals surface area contributed by atoms with Gasteiger partial charge in [0.2, 0.25) is 0 Å². The fourth-order valence-electron chi connectivity index (χ4n) is 3.95. The molecule has 1 unspecified atom stereocenters. The van der Waals surface area contributed by atoms with Crippen LogP contribution < -0.4 is 5.32 Å². The topological polar surface area (TPSA) is 46.1 Å². The zero-order chi connectivity index (χ0) is 17.0. The maximum Gasteiger partial charge on any atom is 0.193 e. The van der Waals surface area contributed by atoms with E-state index < -0.39 is 0 Å². The highest BCUT2D eigenvalue weighted by Gasteiger charge is 2.24. The highest BCUT2D eigenvalue weighted by molar-refractivity contribution is 14.0. The van der Waals surface area contributed by atoms with Crippen LogP contribution >= 0.6 is 24.0 Å². The molecule has 2 fully saturated rings. The summed E-state index contributed by atoms with van der Waals surface area (Å²) in [6.45, 7) is 5.39. The first kappa shape index (κ1) is 23.0. The lowest BCUT2D eigenvalue weighted by Crippen LogP contribution is -2.40. The zero-order valence-corrected chi connectivity index (χ0v) is 18.5. The largest absolute Gasteiger partial charge is 0.382 e. The van der Waals surface area contributed by atoms with Gasteiger partial charge in [-0.2, -0.15) is 0 Å². The van der Waals surface area contributed by atoms with Crippen LogP contribution in [0.3, 0.4) is 0 Å². The van der Waals surface area contributed by atoms with Crippen LogP contribution in [-0.4, -0.2) is 64.5 Å². The second-order valence-corrected chi connectivity index (χ2v) is 7.29. The van der Waals surface area contributed by atoms with E-state index >= 15 is 0 Å². The Hall–Kier alpha value is -0.0800. The fourth-order valence-corrected chi connectivity index (χ4v) is 3.95. The van der Waals surface area contributed by atoms with Crippen LogP contribution in [0.15, 0.2) is 4.99 Å². The molecule has 0 amide bonds. The van der Waals surface area contributed by atoms with Crippen LogP contribution in [-0.2, 0) is 9.47 Å². The lowest BCUT2D eigenvalue weighted by molar-refractivity contribution is 0.0536. The molecule has 25 heavy (non-hydrogen) atoms. The molecular weight excluding hydrogens is 429 g/mol. The summed E-state index contributed by atoms with van der Waals surface area (Å²) in [5.41, 5.74) is 0. The summed E-state index contributed by atoms with van der Waals surface area (Å²) in [5.74, 6) is 2.66. The number of ether oxygens (including phenoxy) is 2.